The molecule has 0 saturated carbocycles. The summed E-state index contributed by atoms with van der Waals surface area (Å²) in [4.78, 5) is 4.75. The first kappa shape index (κ1) is 32.3. The van der Waals surface area contributed by atoms with E-state index in [0.717, 1.165) is 67.0 Å². The lowest BCUT2D eigenvalue weighted by molar-refractivity contribution is 0.669. The van der Waals surface area contributed by atoms with Crippen LogP contribution in [0.5, 0.6) is 0 Å². The van der Waals surface area contributed by atoms with E-state index in [2.05, 4.69) is 210 Å². The summed E-state index contributed by atoms with van der Waals surface area (Å²) >= 11 is 1.85. The fourth-order valence-corrected chi connectivity index (χ4v) is 9.31. The number of hydrogen-bond donors (Lipinski definition) is 0. The van der Waals surface area contributed by atoms with Crippen molar-refractivity contribution in [1.82, 2.24) is 0 Å². The Bertz CT molecular complexity index is 3220. The number of fused-ring (bicyclic) bond motifs is 8. The van der Waals surface area contributed by atoms with Gasteiger partial charge in [0.1, 0.15) is 11.2 Å². The lowest BCUT2D eigenvalue weighted by Gasteiger charge is -2.30. The second kappa shape index (κ2) is 13.3. The van der Waals surface area contributed by atoms with Crippen molar-refractivity contribution < 1.29 is 4.42 Å². The quantitative estimate of drug-likeness (QED) is 0.163. The molecule has 11 aromatic rings. The maximum absolute atomic E-state index is 6.35. The van der Waals surface area contributed by atoms with Crippen LogP contribution < -0.4 is 9.80 Å². The van der Waals surface area contributed by atoms with E-state index in [0.29, 0.717) is 0 Å². The standard InChI is InChI=1S/C52H34N2OS/c1-3-13-35(14-4-1)37-15-11-18-39(31-37)54(42-27-25-36-26-29-49-52(46(36)33-42)45-22-7-9-23-48(45)55-49)41-20-12-19-40(32-41)53(38-16-5-2-6-17-38)43-28-30-51-47(34-43)44-21-8-10-24-50(44)56-51/h1-34H. The van der Waals surface area contributed by atoms with Gasteiger partial charge in [-0.1, -0.05) is 115 Å². The zero-order chi connectivity index (χ0) is 37.0. The summed E-state index contributed by atoms with van der Waals surface area (Å²) in [5.74, 6) is 0. The van der Waals surface area contributed by atoms with Crippen LogP contribution in [0.4, 0.5) is 34.1 Å². The first-order valence-electron chi connectivity index (χ1n) is 18.9. The number of anilines is 6. The maximum atomic E-state index is 6.35. The molecule has 0 unspecified atom stereocenters. The van der Waals surface area contributed by atoms with Gasteiger partial charge in [0.15, 0.2) is 0 Å². The molecule has 2 heterocycles. The Morgan fingerprint density at radius 2 is 0.875 bits per heavy atom. The highest BCUT2D eigenvalue weighted by Crippen LogP contribution is 2.45. The van der Waals surface area contributed by atoms with Gasteiger partial charge in [0.05, 0.1) is 0 Å². The molecule has 2 aromatic heterocycles. The van der Waals surface area contributed by atoms with Crippen LogP contribution in [0.1, 0.15) is 0 Å². The number of nitrogens with zero attached hydrogens (tertiary/aromatic N) is 2. The number of benzene rings is 9. The molecule has 0 aliphatic carbocycles. The first-order valence-corrected chi connectivity index (χ1v) is 19.7. The number of hydrogen-bond acceptors (Lipinski definition) is 4. The Labute approximate surface area is 328 Å². The second-order valence-corrected chi connectivity index (χ2v) is 15.2. The average molecular weight is 735 g/mol. The number of furan rings is 1. The summed E-state index contributed by atoms with van der Waals surface area (Å²) in [5.41, 5.74) is 10.6. The number of rotatable bonds is 7. The molecule has 0 aliphatic rings. The molecular formula is C52H34N2OS. The van der Waals surface area contributed by atoms with Gasteiger partial charge in [0, 0.05) is 65.1 Å². The third kappa shape index (κ3) is 5.50. The van der Waals surface area contributed by atoms with Crippen LogP contribution in [-0.2, 0) is 0 Å². The molecule has 11 rings (SSSR count). The fraction of sp³-hybridized carbons (Fsp3) is 0. The molecule has 0 amide bonds. The van der Waals surface area contributed by atoms with E-state index in [1.807, 2.05) is 17.4 Å². The zero-order valence-electron chi connectivity index (χ0n) is 30.3. The minimum Gasteiger partial charge on any atom is -0.456 e. The molecule has 0 N–H and O–H groups in total. The molecule has 9 aromatic carbocycles. The Balaban J connectivity index is 1.12. The predicted molar refractivity (Wildman–Crippen MR) is 239 cm³/mol. The minimum absolute atomic E-state index is 0.893. The SMILES string of the molecule is c1ccc(-c2cccc(N(c3cccc(N(c4ccccc4)c4ccc5sc6ccccc6c5c4)c3)c3ccc4ccc5oc6ccccc6c5c4c3)c2)cc1. The zero-order valence-corrected chi connectivity index (χ0v) is 31.2. The van der Waals surface area contributed by atoms with Crippen LogP contribution in [-0.4, -0.2) is 0 Å². The van der Waals surface area contributed by atoms with E-state index in [1.165, 1.54) is 31.1 Å². The first-order chi connectivity index (χ1) is 27.7. The molecule has 56 heavy (non-hydrogen) atoms. The predicted octanol–water partition coefficient (Wildman–Crippen LogP) is 15.7. The van der Waals surface area contributed by atoms with E-state index in [1.54, 1.807) is 0 Å². The highest BCUT2D eigenvalue weighted by atomic mass is 32.1. The monoisotopic (exact) mass is 734 g/mol. The topological polar surface area (TPSA) is 19.6 Å². The third-order valence-electron chi connectivity index (χ3n) is 10.8. The van der Waals surface area contributed by atoms with Gasteiger partial charge in [-0.15, -0.1) is 11.3 Å². The van der Waals surface area contributed by atoms with E-state index in [9.17, 15) is 0 Å². The average Bonchev–Trinajstić information content (AvgIpc) is 3.83. The van der Waals surface area contributed by atoms with Crippen LogP contribution in [0.2, 0.25) is 0 Å². The fourth-order valence-electron chi connectivity index (χ4n) is 8.22. The van der Waals surface area contributed by atoms with Crippen molar-refractivity contribution in [3.05, 3.63) is 206 Å². The normalized spacial score (nSPS) is 11.6. The van der Waals surface area contributed by atoms with Crippen LogP contribution >= 0.6 is 11.3 Å². The number of thiophene rings is 1. The lowest BCUT2D eigenvalue weighted by Crippen LogP contribution is -2.13. The molecule has 0 atom stereocenters. The highest BCUT2D eigenvalue weighted by molar-refractivity contribution is 7.25. The van der Waals surface area contributed by atoms with Crippen molar-refractivity contribution in [3.8, 4) is 11.1 Å². The second-order valence-electron chi connectivity index (χ2n) is 14.2. The Morgan fingerprint density at radius 3 is 1.70 bits per heavy atom. The summed E-state index contributed by atoms with van der Waals surface area (Å²) in [6.07, 6.45) is 0. The molecule has 0 aliphatic heterocycles. The van der Waals surface area contributed by atoms with Gasteiger partial charge < -0.3 is 14.2 Å². The van der Waals surface area contributed by atoms with Gasteiger partial charge in [-0.05, 0) is 113 Å². The van der Waals surface area contributed by atoms with Gasteiger partial charge in [-0.25, -0.2) is 0 Å². The van der Waals surface area contributed by atoms with Gasteiger partial charge in [-0.2, -0.15) is 0 Å². The van der Waals surface area contributed by atoms with Crippen molar-refractivity contribution >= 4 is 98.3 Å². The largest absolute Gasteiger partial charge is 0.456 e. The van der Waals surface area contributed by atoms with Crippen molar-refractivity contribution in [2.45, 2.75) is 0 Å². The van der Waals surface area contributed by atoms with Crippen LogP contribution in [0.15, 0.2) is 211 Å². The number of para-hydroxylation sites is 2. The molecule has 0 saturated heterocycles. The Kier molecular flexibility index (Phi) is 7.68. The smallest absolute Gasteiger partial charge is 0.136 e. The summed E-state index contributed by atoms with van der Waals surface area (Å²) in [6.45, 7) is 0. The third-order valence-corrected chi connectivity index (χ3v) is 11.9. The van der Waals surface area contributed by atoms with E-state index >= 15 is 0 Å². The van der Waals surface area contributed by atoms with Crippen molar-refractivity contribution in [2.75, 3.05) is 9.80 Å². The Morgan fingerprint density at radius 1 is 0.321 bits per heavy atom. The van der Waals surface area contributed by atoms with Gasteiger partial charge in [0.2, 0.25) is 0 Å². The summed E-state index contributed by atoms with van der Waals surface area (Å²) in [6, 6.07) is 74.0. The van der Waals surface area contributed by atoms with E-state index in [4.69, 9.17) is 4.42 Å². The Hall–Kier alpha value is -7.14. The molecule has 4 heteroatoms. The molecule has 0 spiro atoms. The van der Waals surface area contributed by atoms with Gasteiger partial charge in [0.25, 0.3) is 0 Å². The minimum atomic E-state index is 0.893. The van der Waals surface area contributed by atoms with E-state index in [-0.39, 0.29) is 0 Å². The van der Waals surface area contributed by atoms with Crippen molar-refractivity contribution in [1.29, 1.82) is 0 Å². The molecular weight excluding hydrogens is 701 g/mol. The maximum Gasteiger partial charge on any atom is 0.136 e. The van der Waals surface area contributed by atoms with Crippen LogP contribution in [0, 0.1) is 0 Å². The molecule has 0 bridgehead atoms. The van der Waals surface area contributed by atoms with Crippen molar-refractivity contribution in [2.24, 2.45) is 0 Å². The molecule has 3 nitrogen and oxygen atoms in total. The lowest BCUT2D eigenvalue weighted by atomic mass is 10.0. The van der Waals surface area contributed by atoms with Crippen LogP contribution in [0.3, 0.4) is 0 Å². The highest BCUT2D eigenvalue weighted by Gasteiger charge is 2.20. The van der Waals surface area contributed by atoms with E-state index < -0.39 is 0 Å². The van der Waals surface area contributed by atoms with Gasteiger partial charge >= 0.3 is 0 Å². The molecule has 0 fully saturated rings. The summed E-state index contributed by atoms with van der Waals surface area (Å²) in [7, 11) is 0. The summed E-state index contributed by atoms with van der Waals surface area (Å²) < 4.78 is 8.94. The van der Waals surface area contributed by atoms with Crippen molar-refractivity contribution in [3.63, 3.8) is 0 Å². The molecule has 0 radical (unpaired) electrons. The summed E-state index contributed by atoms with van der Waals surface area (Å²) in [5, 5.41) is 7.15. The molecule has 264 valence electrons. The van der Waals surface area contributed by atoms with Gasteiger partial charge in [-0.3, -0.25) is 0 Å². The van der Waals surface area contributed by atoms with Crippen LogP contribution in [0.25, 0.3) is 64.0 Å².